The van der Waals surface area contributed by atoms with Gasteiger partial charge in [0.1, 0.15) is 10.6 Å². The van der Waals surface area contributed by atoms with Gasteiger partial charge < -0.3 is 20.7 Å². The van der Waals surface area contributed by atoms with Gasteiger partial charge in [0.05, 0.1) is 5.69 Å². The molecule has 0 spiro atoms. The first kappa shape index (κ1) is 22.7. The van der Waals surface area contributed by atoms with E-state index in [1.807, 2.05) is 11.4 Å². The molecule has 2 aromatic heterocycles. The smallest absolute Gasteiger partial charge is 0.406 e. The molecule has 2 aromatic carbocycles. The summed E-state index contributed by atoms with van der Waals surface area (Å²) in [5.74, 6) is -0.765. The molecule has 3 heterocycles. The van der Waals surface area contributed by atoms with Crippen molar-refractivity contribution in [3.05, 3.63) is 63.8 Å². The van der Waals surface area contributed by atoms with Crippen molar-refractivity contribution in [3.8, 4) is 16.2 Å². The lowest BCUT2D eigenvalue weighted by atomic mass is 9.91. The Kier molecular flexibility index (Phi) is 5.75. The van der Waals surface area contributed by atoms with Gasteiger partial charge in [-0.05, 0) is 66.4 Å². The van der Waals surface area contributed by atoms with Crippen LogP contribution in [0.25, 0.3) is 20.5 Å². The Morgan fingerprint density at radius 2 is 1.97 bits per heavy atom. The van der Waals surface area contributed by atoms with Gasteiger partial charge in [0, 0.05) is 39.3 Å². The van der Waals surface area contributed by atoms with E-state index >= 15 is 0 Å². The second kappa shape index (κ2) is 8.61. The second-order valence-corrected chi connectivity index (χ2v) is 10.1. The summed E-state index contributed by atoms with van der Waals surface area (Å²) in [5, 5.41) is 5.63. The average molecular weight is 504 g/mol. The van der Waals surface area contributed by atoms with Crippen molar-refractivity contribution in [1.29, 1.82) is 0 Å². The van der Waals surface area contributed by atoms with E-state index in [9.17, 15) is 18.0 Å². The molecule has 10 heteroatoms. The number of carbonyl (C=O) groups excluding carboxylic acids is 1. The quantitative estimate of drug-likeness (QED) is 0.341. The van der Waals surface area contributed by atoms with Crippen LogP contribution in [0.2, 0.25) is 0 Å². The van der Waals surface area contributed by atoms with E-state index in [-0.39, 0.29) is 5.75 Å². The second-order valence-electron chi connectivity index (χ2n) is 8.10. The predicted molar refractivity (Wildman–Crippen MR) is 131 cm³/mol. The molecule has 0 atom stereocenters. The van der Waals surface area contributed by atoms with E-state index in [4.69, 9.17) is 5.73 Å². The summed E-state index contributed by atoms with van der Waals surface area (Å²) in [5.41, 5.74) is 10.9. The standard InChI is InChI=1S/C24H20F3N3O2S2/c1-30-9-8-13-11-18-20(19(16(13)12-30)17-3-2-10-33-17)21(28)22(34-18)23(31)29-14-4-6-15(7-5-14)32-24(25,26)27/h2-7,10-11H,8-9,12,28H2,1H3,(H,29,31). The highest BCUT2D eigenvalue weighted by molar-refractivity contribution is 7.22. The molecule has 0 unspecified atom stereocenters. The number of halogens is 3. The molecule has 34 heavy (non-hydrogen) atoms. The van der Waals surface area contributed by atoms with Gasteiger partial charge in [0.15, 0.2) is 0 Å². The highest BCUT2D eigenvalue weighted by Crippen LogP contribution is 2.46. The molecule has 5 rings (SSSR count). The minimum absolute atomic E-state index is 0.343. The van der Waals surface area contributed by atoms with Crippen molar-refractivity contribution in [2.45, 2.75) is 19.3 Å². The molecule has 0 aliphatic carbocycles. The van der Waals surface area contributed by atoms with Crippen molar-refractivity contribution in [2.75, 3.05) is 24.6 Å². The first-order valence-electron chi connectivity index (χ1n) is 10.5. The van der Waals surface area contributed by atoms with E-state index in [0.29, 0.717) is 16.3 Å². The van der Waals surface area contributed by atoms with Gasteiger partial charge in [0.25, 0.3) is 5.91 Å². The molecule has 0 radical (unpaired) electrons. The van der Waals surface area contributed by atoms with Crippen LogP contribution >= 0.6 is 22.7 Å². The number of rotatable bonds is 4. The van der Waals surface area contributed by atoms with Crippen LogP contribution in [0, 0.1) is 0 Å². The average Bonchev–Trinajstić information content (AvgIpc) is 3.41. The van der Waals surface area contributed by atoms with Gasteiger partial charge in [-0.25, -0.2) is 0 Å². The minimum Gasteiger partial charge on any atom is -0.406 e. The van der Waals surface area contributed by atoms with Gasteiger partial charge in [-0.1, -0.05) is 6.07 Å². The normalized spacial score (nSPS) is 14.2. The Morgan fingerprint density at radius 1 is 1.21 bits per heavy atom. The molecule has 3 N–H and O–H groups in total. The van der Waals surface area contributed by atoms with E-state index in [1.165, 1.54) is 34.6 Å². The molecule has 0 saturated heterocycles. The lowest BCUT2D eigenvalue weighted by molar-refractivity contribution is -0.274. The van der Waals surface area contributed by atoms with Gasteiger partial charge in [-0.15, -0.1) is 35.8 Å². The highest BCUT2D eigenvalue weighted by atomic mass is 32.1. The van der Waals surface area contributed by atoms with Gasteiger partial charge in [-0.3, -0.25) is 4.79 Å². The number of hydrogen-bond donors (Lipinski definition) is 2. The van der Waals surface area contributed by atoms with Crippen LogP contribution in [0.15, 0.2) is 47.8 Å². The maximum atomic E-state index is 13.1. The lowest BCUT2D eigenvalue weighted by Crippen LogP contribution is -2.27. The van der Waals surface area contributed by atoms with Gasteiger partial charge >= 0.3 is 6.36 Å². The van der Waals surface area contributed by atoms with Crippen molar-refractivity contribution in [3.63, 3.8) is 0 Å². The number of fused-ring (bicyclic) bond motifs is 2. The Balaban J connectivity index is 1.52. The number of nitrogens with two attached hydrogens (primary N) is 1. The van der Waals surface area contributed by atoms with Crippen molar-refractivity contribution in [2.24, 2.45) is 0 Å². The maximum Gasteiger partial charge on any atom is 0.573 e. The van der Waals surface area contributed by atoms with E-state index in [0.717, 1.165) is 52.2 Å². The number of ether oxygens (including phenoxy) is 1. The zero-order chi connectivity index (χ0) is 24.0. The summed E-state index contributed by atoms with van der Waals surface area (Å²) >= 11 is 2.96. The van der Waals surface area contributed by atoms with E-state index < -0.39 is 12.3 Å². The number of hydrogen-bond acceptors (Lipinski definition) is 6. The van der Waals surface area contributed by atoms with Crippen LogP contribution in [-0.2, 0) is 13.0 Å². The predicted octanol–water partition coefficient (Wildman–Crippen LogP) is 6.35. The van der Waals surface area contributed by atoms with E-state index in [1.54, 1.807) is 11.3 Å². The van der Waals surface area contributed by atoms with Gasteiger partial charge in [0.2, 0.25) is 0 Å². The first-order chi connectivity index (χ1) is 16.2. The van der Waals surface area contributed by atoms with E-state index in [2.05, 4.69) is 34.1 Å². The highest BCUT2D eigenvalue weighted by Gasteiger charge is 2.31. The van der Waals surface area contributed by atoms with Crippen molar-refractivity contribution in [1.82, 2.24) is 4.90 Å². The molecule has 0 saturated carbocycles. The molecule has 1 aliphatic heterocycles. The Bertz CT molecular complexity index is 1360. The fraction of sp³-hybridized carbons (Fsp3) is 0.208. The van der Waals surface area contributed by atoms with Crippen LogP contribution in [0.4, 0.5) is 24.5 Å². The summed E-state index contributed by atoms with van der Waals surface area (Å²) in [6.45, 7) is 1.77. The van der Waals surface area contributed by atoms with Crippen LogP contribution in [0.5, 0.6) is 5.75 Å². The third-order valence-corrected chi connectivity index (χ3v) is 7.77. The molecular formula is C24H20F3N3O2S2. The Morgan fingerprint density at radius 3 is 2.65 bits per heavy atom. The van der Waals surface area contributed by atoms with Crippen LogP contribution in [0.3, 0.4) is 0 Å². The molecule has 176 valence electrons. The number of likely N-dealkylation sites (N-methyl/N-ethyl adjacent to an activating group) is 1. The number of alkyl halides is 3. The molecular weight excluding hydrogens is 483 g/mol. The van der Waals surface area contributed by atoms with Crippen molar-refractivity contribution >= 4 is 50.0 Å². The number of nitrogens with zero attached hydrogens (tertiary/aromatic N) is 1. The number of thiophene rings is 2. The third kappa shape index (κ3) is 4.36. The Hall–Kier alpha value is -3.08. The van der Waals surface area contributed by atoms with Crippen LogP contribution in [0.1, 0.15) is 20.8 Å². The molecule has 0 bridgehead atoms. The fourth-order valence-electron chi connectivity index (χ4n) is 4.23. The summed E-state index contributed by atoms with van der Waals surface area (Å²) < 4.78 is 42.0. The van der Waals surface area contributed by atoms with Crippen LogP contribution in [-0.4, -0.2) is 30.8 Å². The fourth-order valence-corrected chi connectivity index (χ4v) is 6.13. The topological polar surface area (TPSA) is 67.6 Å². The van der Waals surface area contributed by atoms with Crippen LogP contribution < -0.4 is 15.8 Å². The summed E-state index contributed by atoms with van der Waals surface area (Å²) in [6.07, 6.45) is -3.85. The SMILES string of the molecule is CN1CCc2cc3sc(C(=O)Nc4ccc(OC(F)(F)F)cc4)c(N)c3c(-c3cccs3)c2C1. The molecule has 1 aliphatic rings. The lowest BCUT2D eigenvalue weighted by Gasteiger charge is -2.27. The minimum atomic E-state index is -4.77. The number of benzene rings is 2. The number of nitrogens with one attached hydrogen (secondary N) is 1. The maximum absolute atomic E-state index is 13.1. The zero-order valence-corrected chi connectivity index (χ0v) is 19.7. The first-order valence-corrected chi connectivity index (χ1v) is 12.2. The largest absolute Gasteiger partial charge is 0.573 e. The summed E-state index contributed by atoms with van der Waals surface area (Å²) in [6, 6.07) is 11.2. The monoisotopic (exact) mass is 503 g/mol. The van der Waals surface area contributed by atoms with Crippen molar-refractivity contribution < 1.29 is 22.7 Å². The third-order valence-electron chi connectivity index (χ3n) is 5.73. The number of anilines is 2. The molecule has 4 aromatic rings. The molecule has 0 fully saturated rings. The summed E-state index contributed by atoms with van der Waals surface area (Å²) in [7, 11) is 2.09. The molecule has 5 nitrogen and oxygen atoms in total. The number of amides is 1. The summed E-state index contributed by atoms with van der Waals surface area (Å²) in [4.78, 5) is 16.8. The zero-order valence-electron chi connectivity index (χ0n) is 18.0. The molecule has 1 amide bonds. The number of carbonyl (C=O) groups is 1. The van der Waals surface area contributed by atoms with Gasteiger partial charge in [-0.2, -0.15) is 0 Å². The Labute approximate surface area is 201 Å². The number of nitrogen functional groups attached to an aromatic ring is 1.